The third-order valence-corrected chi connectivity index (χ3v) is 7.09. The topological polar surface area (TPSA) is 53.1 Å². The summed E-state index contributed by atoms with van der Waals surface area (Å²) >= 11 is 0. The van der Waals surface area contributed by atoms with E-state index in [9.17, 15) is 9.59 Å². The summed E-state index contributed by atoms with van der Waals surface area (Å²) in [4.78, 5) is 32.9. The van der Waals surface area contributed by atoms with Crippen molar-refractivity contribution in [3.8, 4) is 5.75 Å². The highest BCUT2D eigenvalue weighted by atomic mass is 16.5. The molecule has 2 fully saturated rings. The molecule has 0 saturated carbocycles. The second kappa shape index (κ2) is 9.75. The lowest BCUT2D eigenvalue weighted by Gasteiger charge is -2.39. The molecule has 0 N–H and O–H groups in total. The number of piperidine rings is 1. The molecule has 176 valence electrons. The van der Waals surface area contributed by atoms with Crippen LogP contribution in [-0.4, -0.2) is 68.0 Å². The standard InChI is InChI=1S/C28H31N3O3/c1-34-24-11-5-10-23(19-24)29-15-17-30(18-16-29)27(32)22-9-6-14-31(20-22)28(33)26-13-4-8-21-7-2-3-12-25(21)26/h2-5,7-8,10-13,19,22H,6,9,14-18,20H2,1H3. The zero-order valence-electron chi connectivity index (χ0n) is 19.7. The van der Waals surface area contributed by atoms with Crippen LogP contribution in [0, 0.1) is 5.92 Å². The average Bonchev–Trinajstić information content (AvgIpc) is 2.92. The molecule has 2 aliphatic heterocycles. The van der Waals surface area contributed by atoms with E-state index in [2.05, 4.69) is 11.0 Å². The molecular weight excluding hydrogens is 426 g/mol. The molecule has 6 nitrogen and oxygen atoms in total. The number of hydrogen-bond donors (Lipinski definition) is 0. The molecule has 0 aliphatic carbocycles. The second-order valence-electron chi connectivity index (χ2n) is 9.13. The van der Waals surface area contributed by atoms with Crippen LogP contribution in [0.4, 0.5) is 5.69 Å². The Labute approximate surface area is 200 Å². The Morgan fingerprint density at radius 1 is 0.853 bits per heavy atom. The second-order valence-corrected chi connectivity index (χ2v) is 9.13. The van der Waals surface area contributed by atoms with Crippen molar-refractivity contribution in [3.05, 3.63) is 72.3 Å². The Hall–Kier alpha value is -3.54. The van der Waals surface area contributed by atoms with Gasteiger partial charge in [0, 0.05) is 56.6 Å². The normalized spacial score (nSPS) is 18.7. The SMILES string of the molecule is COc1cccc(N2CCN(C(=O)C3CCCN(C(=O)c4cccc5ccccc45)C3)CC2)c1. The Bertz CT molecular complexity index is 1180. The number of amides is 2. The minimum absolute atomic E-state index is 0.0251. The fourth-order valence-corrected chi connectivity index (χ4v) is 5.20. The van der Waals surface area contributed by atoms with Crippen molar-refractivity contribution in [1.82, 2.24) is 9.80 Å². The van der Waals surface area contributed by atoms with Crippen LogP contribution in [0.3, 0.4) is 0 Å². The number of carbonyl (C=O) groups excluding carboxylic acids is 2. The molecule has 2 heterocycles. The van der Waals surface area contributed by atoms with Gasteiger partial charge in [0.05, 0.1) is 13.0 Å². The average molecular weight is 458 g/mol. The van der Waals surface area contributed by atoms with Crippen molar-refractivity contribution < 1.29 is 14.3 Å². The number of methoxy groups -OCH3 is 1. The van der Waals surface area contributed by atoms with E-state index in [0.29, 0.717) is 26.2 Å². The lowest BCUT2D eigenvalue weighted by molar-refractivity contribution is -0.137. The van der Waals surface area contributed by atoms with Gasteiger partial charge in [0.2, 0.25) is 5.91 Å². The first-order valence-corrected chi connectivity index (χ1v) is 12.1. The van der Waals surface area contributed by atoms with Gasteiger partial charge in [-0.05, 0) is 41.8 Å². The molecule has 0 bridgehead atoms. The molecule has 0 radical (unpaired) electrons. The third kappa shape index (κ3) is 4.45. The lowest BCUT2D eigenvalue weighted by Crippen LogP contribution is -2.53. The molecule has 2 aliphatic rings. The van der Waals surface area contributed by atoms with E-state index in [-0.39, 0.29) is 17.7 Å². The van der Waals surface area contributed by atoms with Crippen molar-refractivity contribution in [2.45, 2.75) is 12.8 Å². The first-order valence-electron chi connectivity index (χ1n) is 12.1. The van der Waals surface area contributed by atoms with Gasteiger partial charge in [-0.25, -0.2) is 0 Å². The molecule has 1 atom stereocenters. The maximum Gasteiger partial charge on any atom is 0.254 e. The smallest absolute Gasteiger partial charge is 0.254 e. The molecule has 3 aromatic rings. The van der Waals surface area contributed by atoms with Gasteiger partial charge in [-0.3, -0.25) is 9.59 Å². The predicted molar refractivity (Wildman–Crippen MR) is 134 cm³/mol. The Kier molecular flexibility index (Phi) is 6.39. The summed E-state index contributed by atoms with van der Waals surface area (Å²) in [5.41, 5.74) is 1.84. The number of anilines is 1. The Balaban J connectivity index is 1.23. The van der Waals surface area contributed by atoms with E-state index < -0.39 is 0 Å². The van der Waals surface area contributed by atoms with Crippen molar-refractivity contribution in [3.63, 3.8) is 0 Å². The molecule has 0 spiro atoms. The van der Waals surface area contributed by atoms with Crippen molar-refractivity contribution in [2.75, 3.05) is 51.3 Å². The van der Waals surface area contributed by atoms with Crippen molar-refractivity contribution >= 4 is 28.3 Å². The molecule has 5 rings (SSSR count). The highest BCUT2D eigenvalue weighted by Crippen LogP contribution is 2.26. The van der Waals surface area contributed by atoms with Crippen LogP contribution < -0.4 is 9.64 Å². The van der Waals surface area contributed by atoms with Gasteiger partial charge in [0.25, 0.3) is 5.91 Å². The van der Waals surface area contributed by atoms with Crippen LogP contribution in [0.5, 0.6) is 5.75 Å². The lowest BCUT2D eigenvalue weighted by atomic mass is 9.95. The maximum atomic E-state index is 13.4. The summed E-state index contributed by atoms with van der Waals surface area (Å²) in [6.07, 6.45) is 1.70. The summed E-state index contributed by atoms with van der Waals surface area (Å²) in [6, 6.07) is 21.9. The van der Waals surface area contributed by atoms with Crippen LogP contribution in [0.1, 0.15) is 23.2 Å². The van der Waals surface area contributed by atoms with Gasteiger partial charge in [-0.1, -0.05) is 42.5 Å². The van der Waals surface area contributed by atoms with E-state index in [1.165, 1.54) is 0 Å². The van der Waals surface area contributed by atoms with E-state index >= 15 is 0 Å². The van der Waals surface area contributed by atoms with Crippen LogP contribution >= 0.6 is 0 Å². The number of piperazine rings is 1. The van der Waals surface area contributed by atoms with Crippen LogP contribution in [-0.2, 0) is 4.79 Å². The molecule has 6 heteroatoms. The fraction of sp³-hybridized carbons (Fsp3) is 0.357. The van der Waals surface area contributed by atoms with Gasteiger partial charge < -0.3 is 19.4 Å². The van der Waals surface area contributed by atoms with Gasteiger partial charge in [-0.15, -0.1) is 0 Å². The van der Waals surface area contributed by atoms with Gasteiger partial charge in [-0.2, -0.15) is 0 Å². The van der Waals surface area contributed by atoms with E-state index in [0.717, 1.165) is 53.7 Å². The summed E-state index contributed by atoms with van der Waals surface area (Å²) < 4.78 is 5.35. The summed E-state index contributed by atoms with van der Waals surface area (Å²) in [5, 5.41) is 2.03. The highest BCUT2D eigenvalue weighted by molar-refractivity contribution is 6.07. The quantitative estimate of drug-likeness (QED) is 0.593. The molecule has 0 aromatic heterocycles. The number of ether oxygens (including phenoxy) is 1. The zero-order valence-corrected chi connectivity index (χ0v) is 19.7. The maximum absolute atomic E-state index is 13.4. The minimum atomic E-state index is -0.129. The molecule has 1 unspecified atom stereocenters. The number of benzene rings is 3. The van der Waals surface area contributed by atoms with Crippen LogP contribution in [0.15, 0.2) is 66.7 Å². The number of likely N-dealkylation sites (tertiary alicyclic amines) is 1. The number of carbonyl (C=O) groups is 2. The third-order valence-electron chi connectivity index (χ3n) is 7.09. The number of nitrogens with zero attached hydrogens (tertiary/aromatic N) is 3. The first-order chi connectivity index (χ1) is 16.6. The van der Waals surface area contributed by atoms with Crippen LogP contribution in [0.2, 0.25) is 0 Å². The van der Waals surface area contributed by atoms with E-state index in [1.807, 2.05) is 70.5 Å². The number of hydrogen-bond acceptors (Lipinski definition) is 4. The minimum Gasteiger partial charge on any atom is -0.497 e. The Morgan fingerprint density at radius 3 is 2.44 bits per heavy atom. The van der Waals surface area contributed by atoms with E-state index in [1.54, 1.807) is 7.11 Å². The van der Waals surface area contributed by atoms with Crippen molar-refractivity contribution in [2.24, 2.45) is 5.92 Å². The molecule has 3 aromatic carbocycles. The number of rotatable bonds is 4. The van der Waals surface area contributed by atoms with Gasteiger partial charge in [0.1, 0.15) is 5.75 Å². The predicted octanol–water partition coefficient (Wildman–Crippen LogP) is 4.05. The van der Waals surface area contributed by atoms with Crippen LogP contribution in [0.25, 0.3) is 10.8 Å². The monoisotopic (exact) mass is 457 g/mol. The number of fused-ring (bicyclic) bond motifs is 1. The van der Waals surface area contributed by atoms with Gasteiger partial charge >= 0.3 is 0 Å². The highest BCUT2D eigenvalue weighted by Gasteiger charge is 2.33. The summed E-state index contributed by atoms with van der Waals surface area (Å²) in [6.45, 7) is 4.19. The molecule has 2 saturated heterocycles. The largest absolute Gasteiger partial charge is 0.497 e. The summed E-state index contributed by atoms with van der Waals surface area (Å²) in [7, 11) is 1.67. The van der Waals surface area contributed by atoms with Crippen molar-refractivity contribution in [1.29, 1.82) is 0 Å². The summed E-state index contributed by atoms with van der Waals surface area (Å²) in [5.74, 6) is 0.920. The zero-order chi connectivity index (χ0) is 23.5. The molecular formula is C28H31N3O3. The molecule has 2 amide bonds. The van der Waals surface area contributed by atoms with Gasteiger partial charge in [0.15, 0.2) is 0 Å². The fourth-order valence-electron chi connectivity index (χ4n) is 5.20. The Morgan fingerprint density at radius 2 is 1.62 bits per heavy atom. The van der Waals surface area contributed by atoms with E-state index in [4.69, 9.17) is 4.74 Å². The first kappa shape index (κ1) is 22.3. The molecule has 34 heavy (non-hydrogen) atoms.